The van der Waals surface area contributed by atoms with E-state index in [1.165, 1.54) is 44.4 Å². The molecular weight excluding hydrogens is 260 g/mol. The number of allylic oxidation sites excluding steroid dienone is 2. The summed E-state index contributed by atoms with van der Waals surface area (Å²) in [5, 5.41) is 26.4. The Labute approximate surface area is 118 Å². The van der Waals surface area contributed by atoms with Crippen molar-refractivity contribution in [2.24, 2.45) is 5.41 Å². The van der Waals surface area contributed by atoms with E-state index in [9.17, 15) is 9.59 Å². The van der Waals surface area contributed by atoms with Crippen molar-refractivity contribution < 1.29 is 24.9 Å². The van der Waals surface area contributed by atoms with Crippen molar-refractivity contribution in [3.63, 3.8) is 0 Å². The van der Waals surface area contributed by atoms with Crippen molar-refractivity contribution in [1.29, 1.82) is 0 Å². The van der Waals surface area contributed by atoms with Gasteiger partial charge in [-0.25, -0.2) is 4.79 Å². The topological polar surface area (TPSA) is 94.8 Å². The molecule has 20 heavy (non-hydrogen) atoms. The molecule has 0 bridgehead atoms. The van der Waals surface area contributed by atoms with E-state index in [1.807, 2.05) is 0 Å². The van der Waals surface area contributed by atoms with Crippen LogP contribution in [0, 0.1) is 5.41 Å². The van der Waals surface area contributed by atoms with Crippen molar-refractivity contribution in [1.82, 2.24) is 0 Å². The highest BCUT2D eigenvalue weighted by Gasteiger charge is 2.34. The van der Waals surface area contributed by atoms with E-state index in [-0.39, 0.29) is 18.1 Å². The van der Waals surface area contributed by atoms with Crippen LogP contribution in [0.5, 0.6) is 0 Å². The summed E-state index contributed by atoms with van der Waals surface area (Å²) >= 11 is 0. The van der Waals surface area contributed by atoms with Crippen molar-refractivity contribution in [3.8, 4) is 0 Å². The molecule has 0 saturated heterocycles. The van der Waals surface area contributed by atoms with Crippen LogP contribution in [0.4, 0.5) is 0 Å². The van der Waals surface area contributed by atoms with Gasteiger partial charge in [0.15, 0.2) is 0 Å². The molecule has 5 heteroatoms. The molecule has 1 atom stereocenters. The van der Waals surface area contributed by atoms with Gasteiger partial charge < -0.3 is 15.3 Å². The fourth-order valence-corrected chi connectivity index (χ4v) is 2.26. The molecule has 1 saturated carbocycles. The molecular formula is C15H22O5. The minimum atomic E-state index is -1.08. The van der Waals surface area contributed by atoms with Gasteiger partial charge in [0.05, 0.1) is 11.5 Å². The monoisotopic (exact) mass is 282 g/mol. The van der Waals surface area contributed by atoms with E-state index in [0.717, 1.165) is 12.8 Å². The lowest BCUT2D eigenvalue weighted by molar-refractivity contribution is -0.145. The number of rotatable bonds is 2. The highest BCUT2D eigenvalue weighted by atomic mass is 16.4. The molecule has 1 unspecified atom stereocenters. The molecule has 0 spiro atoms. The Morgan fingerprint density at radius 1 is 1.20 bits per heavy atom. The fraction of sp³-hybridized carbons (Fsp3) is 0.600. The zero-order chi connectivity index (χ0) is 15.2. The third kappa shape index (κ3) is 4.81. The second kappa shape index (κ2) is 7.24. The van der Waals surface area contributed by atoms with Gasteiger partial charge >= 0.3 is 11.9 Å². The normalized spacial score (nSPS) is 26.2. The van der Waals surface area contributed by atoms with Crippen molar-refractivity contribution in [2.45, 2.75) is 51.6 Å². The highest BCUT2D eigenvalue weighted by molar-refractivity contribution is 5.90. The first kappa shape index (κ1) is 16.4. The molecule has 2 rings (SSSR count). The minimum Gasteiger partial charge on any atom is -0.481 e. The second-order valence-electron chi connectivity index (χ2n) is 5.55. The van der Waals surface area contributed by atoms with Gasteiger partial charge in [0.25, 0.3) is 0 Å². The fourth-order valence-electron chi connectivity index (χ4n) is 2.26. The molecule has 0 aromatic carbocycles. The van der Waals surface area contributed by atoms with Crippen molar-refractivity contribution >= 4 is 11.9 Å². The van der Waals surface area contributed by atoms with Crippen molar-refractivity contribution in [3.05, 3.63) is 23.8 Å². The molecule has 0 aromatic rings. The van der Waals surface area contributed by atoms with Gasteiger partial charge in [-0.05, 0) is 26.2 Å². The zero-order valence-electron chi connectivity index (χ0n) is 11.7. The maximum atomic E-state index is 10.8. The Hall–Kier alpha value is -1.62. The molecule has 0 aliphatic heterocycles. The molecule has 1 fully saturated rings. The summed E-state index contributed by atoms with van der Waals surface area (Å²) in [7, 11) is 0. The molecule has 3 N–H and O–H groups in total. The van der Waals surface area contributed by atoms with Gasteiger partial charge in [-0.2, -0.15) is 0 Å². The van der Waals surface area contributed by atoms with Crippen LogP contribution < -0.4 is 0 Å². The Morgan fingerprint density at radius 3 is 2.20 bits per heavy atom. The summed E-state index contributed by atoms with van der Waals surface area (Å²) < 4.78 is 0. The predicted molar refractivity (Wildman–Crippen MR) is 74.3 cm³/mol. The van der Waals surface area contributed by atoms with E-state index in [2.05, 4.69) is 0 Å². The van der Waals surface area contributed by atoms with Crippen LogP contribution >= 0.6 is 0 Å². The Morgan fingerprint density at radius 2 is 1.80 bits per heavy atom. The number of carboxylic acid groups (broad SMARTS) is 2. The molecule has 2 aliphatic carbocycles. The van der Waals surface area contributed by atoms with Gasteiger partial charge in [-0.1, -0.05) is 37.5 Å². The van der Waals surface area contributed by atoms with E-state index < -0.39 is 17.4 Å². The second-order valence-corrected chi connectivity index (χ2v) is 5.55. The number of carbonyl (C=O) groups is 2. The molecule has 2 aliphatic rings. The molecule has 0 aromatic heterocycles. The van der Waals surface area contributed by atoms with Crippen LogP contribution in [0.1, 0.15) is 45.4 Å². The minimum absolute atomic E-state index is 0.0359. The maximum Gasteiger partial charge on any atom is 0.331 e. The van der Waals surface area contributed by atoms with E-state index >= 15 is 0 Å². The lowest BCUT2D eigenvalue weighted by Gasteiger charge is -2.23. The first-order valence-corrected chi connectivity index (χ1v) is 6.88. The van der Waals surface area contributed by atoms with Crippen LogP contribution in [0.15, 0.2) is 23.8 Å². The summed E-state index contributed by atoms with van der Waals surface area (Å²) in [6.07, 6.45) is 10.4. The average molecular weight is 282 g/mol. The lowest BCUT2D eigenvalue weighted by atomic mass is 9.80. The molecule has 0 heterocycles. The number of carboxylic acids is 2. The number of aliphatic hydroxyl groups is 1. The SMILES string of the molecule is CC1(C(=O)O)C=CC=C(C(=O)O)C1.OC1CCCCC1. The summed E-state index contributed by atoms with van der Waals surface area (Å²) in [5.41, 5.74) is -0.949. The van der Waals surface area contributed by atoms with Crippen LogP contribution in [0.3, 0.4) is 0 Å². The number of hydrogen-bond acceptors (Lipinski definition) is 3. The van der Waals surface area contributed by atoms with Gasteiger partial charge in [0.2, 0.25) is 0 Å². The van der Waals surface area contributed by atoms with E-state index in [4.69, 9.17) is 15.3 Å². The standard InChI is InChI=1S/C9H10O4.C6H12O/c1-9(8(12)13)4-2-3-6(5-9)7(10)11;7-6-4-2-1-3-5-6/h2-4H,5H2,1H3,(H,10,11)(H,12,13);6-7H,1-5H2. The molecule has 0 amide bonds. The Bertz CT molecular complexity index is 418. The first-order valence-electron chi connectivity index (χ1n) is 6.88. The third-order valence-corrected chi connectivity index (χ3v) is 3.66. The van der Waals surface area contributed by atoms with E-state index in [1.54, 1.807) is 0 Å². The van der Waals surface area contributed by atoms with Gasteiger partial charge in [-0.3, -0.25) is 4.79 Å². The smallest absolute Gasteiger partial charge is 0.331 e. The lowest BCUT2D eigenvalue weighted by Crippen LogP contribution is -2.28. The number of aliphatic carboxylic acids is 2. The Kier molecular flexibility index (Phi) is 5.95. The van der Waals surface area contributed by atoms with Crippen LogP contribution in [-0.2, 0) is 9.59 Å². The largest absolute Gasteiger partial charge is 0.481 e. The summed E-state index contributed by atoms with van der Waals surface area (Å²) in [6.45, 7) is 1.50. The number of hydrogen-bond donors (Lipinski definition) is 3. The molecule has 112 valence electrons. The summed E-state index contributed by atoms with van der Waals surface area (Å²) in [5.74, 6) is -2.06. The molecule has 0 radical (unpaired) electrons. The van der Waals surface area contributed by atoms with Gasteiger partial charge in [0.1, 0.15) is 0 Å². The van der Waals surface area contributed by atoms with Crippen LogP contribution in [0.2, 0.25) is 0 Å². The van der Waals surface area contributed by atoms with Crippen LogP contribution in [0.25, 0.3) is 0 Å². The maximum absolute atomic E-state index is 10.8. The summed E-state index contributed by atoms with van der Waals surface area (Å²) in [4.78, 5) is 21.3. The summed E-state index contributed by atoms with van der Waals surface area (Å²) in [6, 6.07) is 0. The molecule has 5 nitrogen and oxygen atoms in total. The third-order valence-electron chi connectivity index (χ3n) is 3.66. The Balaban J connectivity index is 0.000000240. The van der Waals surface area contributed by atoms with Crippen LogP contribution in [-0.4, -0.2) is 33.4 Å². The highest BCUT2D eigenvalue weighted by Crippen LogP contribution is 2.31. The average Bonchev–Trinajstić information content (AvgIpc) is 2.40. The first-order chi connectivity index (χ1) is 9.35. The quantitative estimate of drug-likeness (QED) is 0.722. The predicted octanol–water partition coefficient (Wildman–Crippen LogP) is 2.36. The zero-order valence-corrected chi connectivity index (χ0v) is 11.7. The number of aliphatic hydroxyl groups excluding tert-OH is 1. The van der Waals surface area contributed by atoms with Gasteiger partial charge in [0, 0.05) is 5.57 Å². The van der Waals surface area contributed by atoms with E-state index in [0.29, 0.717) is 0 Å². The van der Waals surface area contributed by atoms with Crippen molar-refractivity contribution in [2.75, 3.05) is 0 Å². The van der Waals surface area contributed by atoms with Gasteiger partial charge in [-0.15, -0.1) is 0 Å².